The zero-order valence-electron chi connectivity index (χ0n) is 17.2. The molecule has 0 bridgehead atoms. The van der Waals surface area contributed by atoms with Gasteiger partial charge in [0.2, 0.25) is 0 Å². The van der Waals surface area contributed by atoms with Crippen molar-refractivity contribution in [2.75, 3.05) is 13.1 Å². The number of piperidine rings is 1. The number of aryl methyl sites for hydroxylation is 2. The molecule has 3 aliphatic rings. The van der Waals surface area contributed by atoms with E-state index >= 15 is 0 Å². The lowest BCUT2D eigenvalue weighted by atomic mass is 9.89. The number of likely N-dealkylation sites (tertiary alicyclic amines) is 1. The van der Waals surface area contributed by atoms with Gasteiger partial charge in [-0.15, -0.1) is 0 Å². The number of hydrogen-bond donors (Lipinski definition) is 3. The Morgan fingerprint density at radius 2 is 1.41 bits per heavy atom. The zero-order chi connectivity index (χ0) is 20.2. The fraction of sp³-hybridized carbons (Fsp3) is 0.652. The second-order valence-corrected chi connectivity index (χ2v) is 8.86. The van der Waals surface area contributed by atoms with E-state index < -0.39 is 0 Å². The summed E-state index contributed by atoms with van der Waals surface area (Å²) in [6.45, 7) is 1.20. The summed E-state index contributed by atoms with van der Waals surface area (Å²) in [7, 11) is 0. The van der Waals surface area contributed by atoms with Crippen LogP contribution in [-0.4, -0.2) is 47.1 Å². The van der Waals surface area contributed by atoms with Gasteiger partial charge in [-0.3, -0.25) is 4.79 Å². The van der Waals surface area contributed by atoms with Gasteiger partial charge in [0.1, 0.15) is 5.75 Å². The Morgan fingerprint density at radius 3 is 2.07 bits per heavy atom. The fourth-order valence-corrected chi connectivity index (χ4v) is 5.00. The Morgan fingerprint density at radius 1 is 0.828 bits per heavy atom. The van der Waals surface area contributed by atoms with Crippen LogP contribution in [0.5, 0.6) is 5.75 Å². The Hall–Kier alpha value is -2.24. The number of hydrogen-bond acceptors (Lipinski definition) is 3. The predicted molar refractivity (Wildman–Crippen MR) is 112 cm³/mol. The number of phenolic OH excluding ortho intramolecular Hbond substituents is 1. The second kappa shape index (κ2) is 9.06. The van der Waals surface area contributed by atoms with E-state index in [0.717, 1.165) is 51.4 Å². The average Bonchev–Trinajstić information content (AvgIpc) is 2.74. The van der Waals surface area contributed by atoms with Gasteiger partial charge in [0.15, 0.2) is 0 Å². The number of nitrogens with one attached hydrogen (secondary N) is 2. The molecule has 29 heavy (non-hydrogen) atoms. The quantitative estimate of drug-likeness (QED) is 0.727. The van der Waals surface area contributed by atoms with Crippen LogP contribution < -0.4 is 10.6 Å². The molecule has 3 N–H and O–H groups in total. The summed E-state index contributed by atoms with van der Waals surface area (Å²) in [6, 6.07) is 4.01. The molecule has 0 spiro atoms. The molecule has 0 atom stereocenters. The van der Waals surface area contributed by atoms with Crippen LogP contribution in [0.4, 0.5) is 4.79 Å². The lowest BCUT2D eigenvalue weighted by molar-refractivity contribution is 0.0705. The molecular formula is C23H33N3O3. The number of benzene rings is 1. The van der Waals surface area contributed by atoms with Crippen molar-refractivity contribution in [2.45, 2.75) is 82.7 Å². The summed E-state index contributed by atoms with van der Waals surface area (Å²) >= 11 is 0. The van der Waals surface area contributed by atoms with E-state index in [1.54, 1.807) is 6.07 Å². The van der Waals surface area contributed by atoms with Crippen molar-refractivity contribution in [3.05, 3.63) is 28.8 Å². The summed E-state index contributed by atoms with van der Waals surface area (Å²) in [6.07, 6.45) is 11.6. The van der Waals surface area contributed by atoms with Gasteiger partial charge in [0.25, 0.3) is 5.91 Å². The highest BCUT2D eigenvalue weighted by atomic mass is 16.3. The number of carbonyl (C=O) groups excluding carboxylic acids is 2. The van der Waals surface area contributed by atoms with E-state index in [1.165, 1.54) is 30.4 Å². The molecule has 1 aliphatic heterocycles. The molecule has 1 saturated heterocycles. The van der Waals surface area contributed by atoms with Crippen LogP contribution in [0.15, 0.2) is 12.1 Å². The number of urea groups is 1. The van der Waals surface area contributed by atoms with Gasteiger partial charge < -0.3 is 20.6 Å². The third-order valence-corrected chi connectivity index (χ3v) is 6.75. The maximum Gasteiger partial charge on any atom is 0.315 e. The number of amides is 3. The van der Waals surface area contributed by atoms with E-state index in [4.69, 9.17) is 0 Å². The molecule has 6 heteroatoms. The monoisotopic (exact) mass is 399 g/mol. The molecule has 1 heterocycles. The number of rotatable bonds is 3. The van der Waals surface area contributed by atoms with E-state index in [9.17, 15) is 14.7 Å². The van der Waals surface area contributed by atoms with Gasteiger partial charge in [0, 0.05) is 25.2 Å². The summed E-state index contributed by atoms with van der Waals surface area (Å²) in [5.41, 5.74) is 2.80. The first kappa shape index (κ1) is 20.0. The first-order chi connectivity index (χ1) is 14.1. The first-order valence-corrected chi connectivity index (χ1v) is 11.3. The third-order valence-electron chi connectivity index (χ3n) is 6.75. The van der Waals surface area contributed by atoms with Gasteiger partial charge in [0.05, 0.1) is 5.56 Å². The molecule has 0 aromatic heterocycles. The first-order valence-electron chi connectivity index (χ1n) is 11.3. The van der Waals surface area contributed by atoms with Crippen LogP contribution >= 0.6 is 0 Å². The van der Waals surface area contributed by atoms with Crippen LogP contribution in [0.2, 0.25) is 0 Å². The molecule has 0 unspecified atom stereocenters. The van der Waals surface area contributed by atoms with Crippen LogP contribution in [0.3, 0.4) is 0 Å². The highest BCUT2D eigenvalue weighted by molar-refractivity contribution is 5.97. The van der Waals surface area contributed by atoms with Crippen LogP contribution in [0, 0.1) is 0 Å². The minimum absolute atomic E-state index is 0.0750. The topological polar surface area (TPSA) is 81.7 Å². The SMILES string of the molecule is O=C(NC1CCCCC1)NC1CCN(C(=O)c2cc3c(cc2O)CCCC3)CC1. The van der Waals surface area contributed by atoms with Crippen LogP contribution in [0.25, 0.3) is 0 Å². The van der Waals surface area contributed by atoms with Crippen LogP contribution in [0.1, 0.15) is 79.3 Å². The molecule has 4 rings (SSSR count). The largest absolute Gasteiger partial charge is 0.507 e. The molecule has 3 amide bonds. The molecule has 0 radical (unpaired) electrons. The number of aromatic hydroxyl groups is 1. The van der Waals surface area contributed by atoms with Crippen molar-refractivity contribution in [2.24, 2.45) is 0 Å². The number of nitrogens with zero attached hydrogens (tertiary/aromatic N) is 1. The number of fused-ring (bicyclic) bond motifs is 1. The smallest absolute Gasteiger partial charge is 0.315 e. The standard InChI is InChI=1S/C23H33N3O3/c27-21-15-17-7-5-4-6-16(17)14-20(21)22(28)26-12-10-19(11-13-26)25-23(29)24-18-8-2-1-3-9-18/h14-15,18-19,27H,1-13H2,(H2,24,25,29). The molecule has 158 valence electrons. The maximum absolute atomic E-state index is 13.0. The molecule has 2 fully saturated rings. The predicted octanol–water partition coefficient (Wildman–Crippen LogP) is 3.51. The van der Waals surface area contributed by atoms with Gasteiger partial charge in [-0.05, 0) is 74.6 Å². The summed E-state index contributed by atoms with van der Waals surface area (Å²) in [5, 5.41) is 16.6. The van der Waals surface area contributed by atoms with Gasteiger partial charge in [-0.2, -0.15) is 0 Å². The molecular weight excluding hydrogens is 366 g/mol. The van der Waals surface area contributed by atoms with Gasteiger partial charge >= 0.3 is 6.03 Å². The molecule has 1 aromatic carbocycles. The van der Waals surface area contributed by atoms with Crippen molar-refractivity contribution >= 4 is 11.9 Å². The van der Waals surface area contributed by atoms with Gasteiger partial charge in [-0.1, -0.05) is 19.3 Å². The average molecular weight is 400 g/mol. The second-order valence-electron chi connectivity index (χ2n) is 8.86. The number of phenols is 1. The lowest BCUT2D eigenvalue weighted by Gasteiger charge is -2.33. The Kier molecular flexibility index (Phi) is 6.26. The highest BCUT2D eigenvalue weighted by Crippen LogP contribution is 2.30. The molecule has 2 aliphatic carbocycles. The maximum atomic E-state index is 13.0. The Labute approximate surface area is 173 Å². The minimum Gasteiger partial charge on any atom is -0.507 e. The zero-order valence-corrected chi connectivity index (χ0v) is 17.2. The van der Waals surface area contributed by atoms with E-state index in [2.05, 4.69) is 10.6 Å². The van der Waals surface area contributed by atoms with E-state index in [0.29, 0.717) is 24.7 Å². The van der Waals surface area contributed by atoms with Crippen LogP contribution in [-0.2, 0) is 12.8 Å². The van der Waals surface area contributed by atoms with E-state index in [1.807, 2.05) is 11.0 Å². The van der Waals surface area contributed by atoms with Crippen molar-refractivity contribution in [3.63, 3.8) is 0 Å². The van der Waals surface area contributed by atoms with Crippen molar-refractivity contribution in [1.82, 2.24) is 15.5 Å². The van der Waals surface area contributed by atoms with Crippen molar-refractivity contribution in [3.8, 4) is 5.75 Å². The number of carbonyl (C=O) groups is 2. The Balaban J connectivity index is 1.29. The molecule has 1 aromatic rings. The summed E-state index contributed by atoms with van der Waals surface area (Å²) < 4.78 is 0. The molecule has 6 nitrogen and oxygen atoms in total. The normalized spacial score (nSPS) is 20.8. The summed E-state index contributed by atoms with van der Waals surface area (Å²) in [5.74, 6) is 0.00346. The lowest BCUT2D eigenvalue weighted by Crippen LogP contribution is -2.51. The highest BCUT2D eigenvalue weighted by Gasteiger charge is 2.27. The Bertz CT molecular complexity index is 750. The summed E-state index contributed by atoms with van der Waals surface area (Å²) in [4.78, 5) is 27.0. The minimum atomic E-state index is -0.0963. The van der Waals surface area contributed by atoms with Crippen molar-refractivity contribution in [1.29, 1.82) is 0 Å². The molecule has 1 saturated carbocycles. The fourth-order valence-electron chi connectivity index (χ4n) is 5.00. The third kappa shape index (κ3) is 4.85. The van der Waals surface area contributed by atoms with Gasteiger partial charge in [-0.25, -0.2) is 4.79 Å². The van der Waals surface area contributed by atoms with Crippen molar-refractivity contribution < 1.29 is 14.7 Å². The van der Waals surface area contributed by atoms with E-state index in [-0.39, 0.29) is 23.7 Å².